The van der Waals surface area contributed by atoms with E-state index in [1.807, 2.05) is 51.4 Å². The number of aromatic nitrogens is 2. The highest BCUT2D eigenvalue weighted by atomic mass is 16.3. The molecule has 8 nitrogen and oxygen atoms in total. The normalized spacial score (nSPS) is 18.2. The summed E-state index contributed by atoms with van der Waals surface area (Å²) in [5.74, 6) is -0.495. The first kappa shape index (κ1) is 21.6. The van der Waals surface area contributed by atoms with Gasteiger partial charge in [0.05, 0.1) is 55.9 Å². The standard InChI is InChI=1S/C24H26N4O4/c1-15-10-11-19(32-15)21-20(23(30)24(31)27(21)13-12-26(3)4)22(29)18-14-25-28(16(18)2)17-8-6-5-7-9-17/h5-11,14,21,29H,12-13H2,1-4H3/p+1/b22-20-/t21-/m0/s1. The van der Waals surface area contributed by atoms with E-state index < -0.39 is 17.7 Å². The van der Waals surface area contributed by atoms with E-state index in [-0.39, 0.29) is 11.3 Å². The number of aliphatic hydroxyl groups excluding tert-OH is 1. The molecule has 8 heteroatoms. The number of quaternary nitrogens is 1. The van der Waals surface area contributed by atoms with Crippen LogP contribution in [0.25, 0.3) is 11.4 Å². The van der Waals surface area contributed by atoms with Crippen molar-refractivity contribution in [2.45, 2.75) is 19.9 Å². The average molecular weight is 436 g/mol. The molecule has 1 amide bonds. The Kier molecular flexibility index (Phi) is 5.71. The molecule has 0 unspecified atom stereocenters. The molecule has 166 valence electrons. The Labute approximate surface area is 186 Å². The number of Topliss-reactive ketones (excluding diaryl/α,β-unsaturated/α-hetero) is 1. The number of aryl methyl sites for hydroxylation is 1. The number of amides is 1. The van der Waals surface area contributed by atoms with Gasteiger partial charge >= 0.3 is 0 Å². The third kappa shape index (κ3) is 3.73. The highest BCUT2D eigenvalue weighted by Crippen LogP contribution is 2.40. The molecule has 1 aliphatic rings. The Balaban J connectivity index is 1.83. The second-order valence-corrected chi connectivity index (χ2v) is 8.29. The van der Waals surface area contributed by atoms with Gasteiger partial charge in [-0.2, -0.15) is 5.10 Å². The van der Waals surface area contributed by atoms with Gasteiger partial charge in [-0.3, -0.25) is 9.59 Å². The van der Waals surface area contributed by atoms with E-state index in [1.165, 1.54) is 11.1 Å². The SMILES string of the molecule is Cc1ccc([C@H]2/C(=C(/O)c3cnn(-c4ccccc4)c3C)C(=O)C(=O)N2CC[NH+](C)C)o1. The second kappa shape index (κ2) is 8.47. The summed E-state index contributed by atoms with van der Waals surface area (Å²) in [7, 11) is 3.95. The lowest BCUT2D eigenvalue weighted by atomic mass is 9.99. The van der Waals surface area contributed by atoms with Crippen LogP contribution in [0.5, 0.6) is 0 Å². The van der Waals surface area contributed by atoms with Crippen molar-refractivity contribution >= 4 is 17.4 Å². The van der Waals surface area contributed by atoms with Crippen molar-refractivity contribution in [3.8, 4) is 5.69 Å². The molecule has 0 aliphatic carbocycles. The fourth-order valence-electron chi connectivity index (χ4n) is 3.97. The lowest BCUT2D eigenvalue weighted by Crippen LogP contribution is -3.06. The predicted molar refractivity (Wildman–Crippen MR) is 118 cm³/mol. The van der Waals surface area contributed by atoms with Crippen molar-refractivity contribution in [2.24, 2.45) is 0 Å². The molecule has 32 heavy (non-hydrogen) atoms. The van der Waals surface area contributed by atoms with Crippen LogP contribution >= 0.6 is 0 Å². The van der Waals surface area contributed by atoms with Crippen molar-refractivity contribution in [1.29, 1.82) is 0 Å². The molecule has 3 aromatic rings. The van der Waals surface area contributed by atoms with E-state index in [2.05, 4.69) is 5.10 Å². The van der Waals surface area contributed by atoms with E-state index in [1.54, 1.807) is 23.7 Å². The number of hydrogen-bond donors (Lipinski definition) is 2. The van der Waals surface area contributed by atoms with Crippen LogP contribution in [0.3, 0.4) is 0 Å². The van der Waals surface area contributed by atoms with Crippen LogP contribution in [-0.4, -0.2) is 58.7 Å². The number of carbonyl (C=O) groups is 2. The first-order valence-corrected chi connectivity index (χ1v) is 10.5. The van der Waals surface area contributed by atoms with Crippen LogP contribution in [0.15, 0.2) is 58.7 Å². The number of rotatable bonds is 6. The Morgan fingerprint density at radius 2 is 1.84 bits per heavy atom. The number of carbonyl (C=O) groups excluding carboxylic acids is 2. The quantitative estimate of drug-likeness (QED) is 0.349. The van der Waals surface area contributed by atoms with Gasteiger partial charge in [-0.25, -0.2) is 4.68 Å². The van der Waals surface area contributed by atoms with Crippen molar-refractivity contribution in [1.82, 2.24) is 14.7 Å². The summed E-state index contributed by atoms with van der Waals surface area (Å²) in [6.07, 6.45) is 1.51. The van der Waals surface area contributed by atoms with E-state index in [9.17, 15) is 14.7 Å². The number of benzene rings is 1. The third-order valence-electron chi connectivity index (χ3n) is 5.69. The summed E-state index contributed by atoms with van der Waals surface area (Å²) in [5, 5.41) is 15.7. The number of likely N-dealkylation sites (N-methyl/N-ethyl adjacent to an activating group) is 1. The molecule has 4 rings (SSSR count). The smallest absolute Gasteiger partial charge is 0.295 e. The van der Waals surface area contributed by atoms with Crippen LogP contribution < -0.4 is 4.90 Å². The Morgan fingerprint density at radius 1 is 1.12 bits per heavy atom. The zero-order valence-corrected chi connectivity index (χ0v) is 18.6. The van der Waals surface area contributed by atoms with Crippen molar-refractivity contribution in [3.05, 3.63) is 77.0 Å². The van der Waals surface area contributed by atoms with Gasteiger partial charge in [0, 0.05) is 0 Å². The number of aliphatic hydroxyl groups is 1. The minimum Gasteiger partial charge on any atom is -0.507 e. The molecule has 2 N–H and O–H groups in total. The highest BCUT2D eigenvalue weighted by Gasteiger charge is 2.48. The largest absolute Gasteiger partial charge is 0.507 e. The first-order valence-electron chi connectivity index (χ1n) is 10.5. The summed E-state index contributed by atoms with van der Waals surface area (Å²) in [5.41, 5.74) is 1.91. The molecule has 2 aromatic heterocycles. The lowest BCUT2D eigenvalue weighted by Gasteiger charge is -2.23. The highest BCUT2D eigenvalue weighted by molar-refractivity contribution is 6.46. The molecule has 0 saturated carbocycles. The molecule has 1 atom stereocenters. The van der Waals surface area contributed by atoms with Crippen LogP contribution in [0, 0.1) is 13.8 Å². The number of para-hydroxylation sites is 1. The maximum atomic E-state index is 13.1. The number of furan rings is 1. The summed E-state index contributed by atoms with van der Waals surface area (Å²) >= 11 is 0. The van der Waals surface area contributed by atoms with Gasteiger partial charge in [-0.05, 0) is 38.1 Å². The van der Waals surface area contributed by atoms with Gasteiger partial charge in [-0.15, -0.1) is 0 Å². The fraction of sp³-hybridized carbons (Fsp3) is 0.292. The number of nitrogens with zero attached hydrogens (tertiary/aromatic N) is 3. The van der Waals surface area contributed by atoms with Crippen molar-refractivity contribution < 1.29 is 24.0 Å². The molecule has 1 aromatic carbocycles. The molecular formula is C24H27N4O4+. The molecule has 0 radical (unpaired) electrons. The Bertz CT molecular complexity index is 1190. The third-order valence-corrected chi connectivity index (χ3v) is 5.69. The van der Waals surface area contributed by atoms with Crippen LogP contribution in [0.4, 0.5) is 0 Å². The molecule has 0 spiro atoms. The lowest BCUT2D eigenvalue weighted by molar-refractivity contribution is -0.857. The van der Waals surface area contributed by atoms with E-state index in [0.717, 1.165) is 10.6 Å². The average Bonchev–Trinajstić information content (AvgIpc) is 3.43. The van der Waals surface area contributed by atoms with E-state index >= 15 is 0 Å². The Morgan fingerprint density at radius 3 is 2.47 bits per heavy atom. The number of ketones is 1. The van der Waals surface area contributed by atoms with Gasteiger partial charge < -0.3 is 19.3 Å². The van der Waals surface area contributed by atoms with Crippen molar-refractivity contribution in [3.63, 3.8) is 0 Å². The Hall–Kier alpha value is -3.65. The number of likely N-dealkylation sites (tertiary alicyclic amines) is 1. The summed E-state index contributed by atoms with van der Waals surface area (Å²) < 4.78 is 7.49. The molecule has 1 saturated heterocycles. The fourth-order valence-corrected chi connectivity index (χ4v) is 3.97. The van der Waals surface area contributed by atoms with Gasteiger partial charge in [0.25, 0.3) is 11.7 Å². The minimum atomic E-state index is -0.789. The topological polar surface area (TPSA) is 93.0 Å². The van der Waals surface area contributed by atoms with Crippen molar-refractivity contribution in [2.75, 3.05) is 27.2 Å². The minimum absolute atomic E-state index is 0.0221. The van der Waals surface area contributed by atoms with Gasteiger partial charge in [0.1, 0.15) is 23.3 Å². The number of hydrogen-bond acceptors (Lipinski definition) is 5. The van der Waals surface area contributed by atoms with Crippen LogP contribution in [-0.2, 0) is 9.59 Å². The monoisotopic (exact) mass is 435 g/mol. The number of nitrogens with one attached hydrogen (secondary N) is 1. The zero-order valence-electron chi connectivity index (χ0n) is 18.6. The molecular weight excluding hydrogens is 408 g/mol. The maximum Gasteiger partial charge on any atom is 0.295 e. The summed E-state index contributed by atoms with van der Waals surface area (Å²) in [4.78, 5) is 28.6. The molecule has 3 heterocycles. The molecule has 0 bridgehead atoms. The second-order valence-electron chi connectivity index (χ2n) is 8.29. The van der Waals surface area contributed by atoms with Gasteiger partial charge in [0.2, 0.25) is 0 Å². The summed E-state index contributed by atoms with van der Waals surface area (Å²) in [6, 6.07) is 12.2. The first-order chi connectivity index (χ1) is 15.3. The summed E-state index contributed by atoms with van der Waals surface area (Å²) in [6.45, 7) is 4.62. The van der Waals surface area contributed by atoms with E-state index in [4.69, 9.17) is 4.42 Å². The predicted octanol–water partition coefficient (Wildman–Crippen LogP) is 1.65. The molecule has 1 aliphatic heterocycles. The van der Waals surface area contributed by atoms with Gasteiger partial charge in [0.15, 0.2) is 0 Å². The van der Waals surface area contributed by atoms with Crippen LogP contribution in [0.1, 0.15) is 28.8 Å². The molecule has 1 fully saturated rings. The van der Waals surface area contributed by atoms with Gasteiger partial charge in [-0.1, -0.05) is 18.2 Å². The van der Waals surface area contributed by atoms with E-state index in [0.29, 0.717) is 35.9 Å². The zero-order chi connectivity index (χ0) is 23.0. The van der Waals surface area contributed by atoms with Crippen LogP contribution in [0.2, 0.25) is 0 Å². The maximum absolute atomic E-state index is 13.1.